The highest BCUT2D eigenvalue weighted by Gasteiger charge is 2.26. The van der Waals surface area contributed by atoms with Gasteiger partial charge >= 0.3 is 0 Å². The lowest BCUT2D eigenvalue weighted by molar-refractivity contribution is -0.133. The Morgan fingerprint density at radius 1 is 1.03 bits per heavy atom. The molecule has 7 nitrogen and oxygen atoms in total. The molecule has 1 aromatic heterocycles. The highest BCUT2D eigenvalue weighted by molar-refractivity contribution is 5.92. The Morgan fingerprint density at radius 3 is 2.48 bits per heavy atom. The average molecular weight is 395 g/mol. The van der Waals surface area contributed by atoms with Gasteiger partial charge in [0.25, 0.3) is 0 Å². The summed E-state index contributed by atoms with van der Waals surface area (Å²) in [5.41, 5.74) is 0.973. The molecule has 0 bridgehead atoms. The Balaban J connectivity index is 1.36. The topological polar surface area (TPSA) is 91.7 Å². The van der Waals surface area contributed by atoms with E-state index in [4.69, 9.17) is 4.42 Å². The van der Waals surface area contributed by atoms with Crippen LogP contribution in [0.5, 0.6) is 0 Å². The van der Waals surface area contributed by atoms with Gasteiger partial charge in [0.2, 0.25) is 17.7 Å². The highest BCUT2D eigenvalue weighted by Crippen LogP contribution is 2.18. The number of nitrogens with zero attached hydrogens (tertiary/aromatic N) is 1. The lowest BCUT2D eigenvalue weighted by Crippen LogP contribution is -2.44. The second kappa shape index (κ2) is 10.3. The van der Waals surface area contributed by atoms with Crippen LogP contribution in [-0.2, 0) is 20.9 Å². The number of nitrogens with one attached hydrogen (secondary N) is 2. The smallest absolute Gasteiger partial charge is 0.246 e. The molecule has 1 saturated heterocycles. The van der Waals surface area contributed by atoms with E-state index in [0.717, 1.165) is 5.56 Å². The molecule has 0 unspecified atom stereocenters. The third kappa shape index (κ3) is 6.34. The van der Waals surface area contributed by atoms with Gasteiger partial charge in [0.05, 0.1) is 19.4 Å². The number of carbonyl (C=O) groups excluding carboxylic acids is 3. The van der Waals surface area contributed by atoms with Crippen LogP contribution in [0.4, 0.5) is 0 Å². The van der Waals surface area contributed by atoms with E-state index in [0.29, 0.717) is 38.2 Å². The van der Waals surface area contributed by atoms with Crippen molar-refractivity contribution < 1.29 is 18.8 Å². The molecule has 1 aromatic carbocycles. The number of hydrogen-bond donors (Lipinski definition) is 2. The van der Waals surface area contributed by atoms with E-state index in [-0.39, 0.29) is 30.2 Å². The molecule has 0 saturated carbocycles. The van der Waals surface area contributed by atoms with Crippen LogP contribution < -0.4 is 10.6 Å². The number of carbonyl (C=O) groups is 3. The molecular formula is C22H25N3O4. The molecule has 1 aliphatic rings. The van der Waals surface area contributed by atoms with Crippen molar-refractivity contribution in [3.63, 3.8) is 0 Å². The van der Waals surface area contributed by atoms with Crippen LogP contribution >= 0.6 is 0 Å². The first-order valence-electron chi connectivity index (χ1n) is 9.70. The summed E-state index contributed by atoms with van der Waals surface area (Å²) in [4.78, 5) is 38.2. The summed E-state index contributed by atoms with van der Waals surface area (Å²) < 4.78 is 5.14. The minimum absolute atomic E-state index is 0.0509. The Kier molecular flexibility index (Phi) is 7.22. The monoisotopic (exact) mass is 395 g/mol. The van der Waals surface area contributed by atoms with E-state index in [1.165, 1.54) is 6.26 Å². The van der Waals surface area contributed by atoms with E-state index in [2.05, 4.69) is 10.6 Å². The van der Waals surface area contributed by atoms with Crippen LogP contribution in [-0.4, -0.2) is 42.3 Å². The van der Waals surface area contributed by atoms with Gasteiger partial charge in [-0.1, -0.05) is 30.3 Å². The second-order valence-corrected chi connectivity index (χ2v) is 6.92. The Labute approximate surface area is 169 Å². The fourth-order valence-corrected chi connectivity index (χ4v) is 3.17. The van der Waals surface area contributed by atoms with E-state index in [1.54, 1.807) is 29.2 Å². The summed E-state index contributed by atoms with van der Waals surface area (Å²) in [6.07, 6.45) is 6.08. The van der Waals surface area contributed by atoms with Crippen molar-refractivity contribution in [2.45, 2.75) is 19.4 Å². The summed E-state index contributed by atoms with van der Waals surface area (Å²) in [5, 5.41) is 5.36. The van der Waals surface area contributed by atoms with Crippen LogP contribution in [0, 0.1) is 5.92 Å². The van der Waals surface area contributed by atoms with Gasteiger partial charge in [-0.25, -0.2) is 0 Å². The molecule has 152 valence electrons. The molecule has 2 heterocycles. The first-order chi connectivity index (χ1) is 14.1. The Morgan fingerprint density at radius 2 is 1.79 bits per heavy atom. The largest absolute Gasteiger partial charge is 0.467 e. The molecule has 0 aliphatic carbocycles. The number of benzene rings is 1. The van der Waals surface area contributed by atoms with Crippen molar-refractivity contribution in [2.75, 3.05) is 19.6 Å². The van der Waals surface area contributed by atoms with Crippen LogP contribution in [0.1, 0.15) is 24.2 Å². The van der Waals surface area contributed by atoms with Gasteiger partial charge < -0.3 is 20.0 Å². The zero-order chi connectivity index (χ0) is 20.5. The number of hydrogen-bond acceptors (Lipinski definition) is 4. The lowest BCUT2D eigenvalue weighted by atomic mass is 9.96. The van der Waals surface area contributed by atoms with Crippen molar-refractivity contribution in [1.82, 2.24) is 15.5 Å². The molecular weight excluding hydrogens is 370 g/mol. The predicted octanol–water partition coefficient (Wildman–Crippen LogP) is 1.96. The Hall–Kier alpha value is -3.35. The number of furan rings is 1. The molecule has 0 radical (unpaired) electrons. The van der Waals surface area contributed by atoms with Crippen molar-refractivity contribution in [2.24, 2.45) is 5.92 Å². The first kappa shape index (κ1) is 20.4. The maximum Gasteiger partial charge on any atom is 0.246 e. The van der Waals surface area contributed by atoms with Gasteiger partial charge in [-0.2, -0.15) is 0 Å². The molecule has 0 spiro atoms. The average Bonchev–Trinajstić information content (AvgIpc) is 3.29. The Bertz CT molecular complexity index is 838. The van der Waals surface area contributed by atoms with Crippen molar-refractivity contribution >= 4 is 23.8 Å². The van der Waals surface area contributed by atoms with Gasteiger partial charge in [0, 0.05) is 25.1 Å². The maximum atomic E-state index is 12.3. The van der Waals surface area contributed by atoms with Gasteiger partial charge in [0.15, 0.2) is 0 Å². The lowest BCUT2D eigenvalue weighted by Gasteiger charge is -2.30. The van der Waals surface area contributed by atoms with Crippen molar-refractivity contribution in [3.05, 3.63) is 66.1 Å². The van der Waals surface area contributed by atoms with Crippen LogP contribution in [0.15, 0.2) is 59.2 Å². The van der Waals surface area contributed by atoms with E-state index in [9.17, 15) is 14.4 Å². The van der Waals surface area contributed by atoms with Crippen molar-refractivity contribution in [3.8, 4) is 0 Å². The predicted molar refractivity (Wildman–Crippen MR) is 108 cm³/mol. The van der Waals surface area contributed by atoms with Crippen LogP contribution in [0.3, 0.4) is 0 Å². The summed E-state index contributed by atoms with van der Waals surface area (Å²) >= 11 is 0. The number of piperidine rings is 1. The van der Waals surface area contributed by atoms with Gasteiger partial charge in [-0.05, 0) is 36.6 Å². The highest BCUT2D eigenvalue weighted by atomic mass is 16.3. The van der Waals surface area contributed by atoms with Crippen LogP contribution in [0.25, 0.3) is 6.08 Å². The van der Waals surface area contributed by atoms with Gasteiger partial charge in [-0.15, -0.1) is 0 Å². The minimum atomic E-state index is -0.270. The summed E-state index contributed by atoms with van der Waals surface area (Å²) in [7, 11) is 0. The minimum Gasteiger partial charge on any atom is -0.467 e. The zero-order valence-electron chi connectivity index (χ0n) is 16.2. The molecule has 2 aromatic rings. The number of likely N-dealkylation sites (tertiary alicyclic amines) is 1. The SMILES string of the molecule is O=C(CNC(=O)C1CCN(C(=O)/C=C/c2ccccc2)CC1)NCc1ccco1. The molecule has 1 aliphatic heterocycles. The molecule has 3 rings (SSSR count). The third-order valence-corrected chi connectivity index (χ3v) is 4.86. The van der Waals surface area contributed by atoms with Crippen molar-refractivity contribution in [1.29, 1.82) is 0 Å². The normalized spacial score (nSPS) is 14.7. The fraction of sp³-hybridized carbons (Fsp3) is 0.318. The summed E-state index contributed by atoms with van der Waals surface area (Å²) in [6.45, 7) is 1.28. The summed E-state index contributed by atoms with van der Waals surface area (Å²) in [5.74, 6) is 0.00144. The quantitative estimate of drug-likeness (QED) is 0.701. The second-order valence-electron chi connectivity index (χ2n) is 6.92. The van der Waals surface area contributed by atoms with E-state index < -0.39 is 0 Å². The number of amides is 3. The molecule has 3 amide bonds. The molecule has 2 N–H and O–H groups in total. The van der Waals surface area contributed by atoms with E-state index in [1.807, 2.05) is 30.3 Å². The standard InChI is InChI=1S/C22H25N3O4/c26-20(23-15-19-7-4-14-29-19)16-24-22(28)18-10-12-25(13-11-18)21(27)9-8-17-5-2-1-3-6-17/h1-9,14,18H,10-13,15-16H2,(H,23,26)(H,24,28)/b9-8+. The van der Waals surface area contributed by atoms with Gasteiger partial charge in [-0.3, -0.25) is 14.4 Å². The third-order valence-electron chi connectivity index (χ3n) is 4.86. The molecule has 1 fully saturated rings. The first-order valence-corrected chi connectivity index (χ1v) is 9.70. The zero-order valence-corrected chi connectivity index (χ0v) is 16.2. The molecule has 0 atom stereocenters. The maximum absolute atomic E-state index is 12.3. The van der Waals surface area contributed by atoms with Gasteiger partial charge in [0.1, 0.15) is 5.76 Å². The molecule has 29 heavy (non-hydrogen) atoms. The van der Waals surface area contributed by atoms with Crippen LogP contribution in [0.2, 0.25) is 0 Å². The fourth-order valence-electron chi connectivity index (χ4n) is 3.17. The van der Waals surface area contributed by atoms with E-state index >= 15 is 0 Å². The summed E-state index contributed by atoms with van der Waals surface area (Å²) in [6, 6.07) is 13.2. The number of rotatable bonds is 7. The molecule has 7 heteroatoms.